The summed E-state index contributed by atoms with van der Waals surface area (Å²) in [4.78, 5) is 0. The molecular formula is C11H21NO2. The normalized spacial score (nSPS) is 32.6. The van der Waals surface area contributed by atoms with Crippen LogP contribution in [0.15, 0.2) is 0 Å². The fourth-order valence-electron chi connectivity index (χ4n) is 1.98. The zero-order valence-electron chi connectivity index (χ0n) is 8.84. The fourth-order valence-corrected chi connectivity index (χ4v) is 1.98. The predicted octanol–water partition coefficient (Wildman–Crippen LogP) is 1.67. The second-order valence-electron chi connectivity index (χ2n) is 4.25. The first-order valence-electron chi connectivity index (χ1n) is 5.92. The molecule has 0 aromatic carbocycles. The van der Waals surface area contributed by atoms with Crippen LogP contribution in [0.1, 0.15) is 38.5 Å². The molecule has 0 aliphatic carbocycles. The average Bonchev–Trinajstić information content (AvgIpc) is 2.16. The molecule has 2 unspecified atom stereocenters. The van der Waals surface area contributed by atoms with Gasteiger partial charge >= 0.3 is 0 Å². The van der Waals surface area contributed by atoms with Crippen LogP contribution in [0.3, 0.4) is 0 Å². The molecule has 1 N–H and O–H groups in total. The van der Waals surface area contributed by atoms with Crippen molar-refractivity contribution >= 4 is 0 Å². The van der Waals surface area contributed by atoms with Crippen LogP contribution in [0, 0.1) is 0 Å². The van der Waals surface area contributed by atoms with E-state index >= 15 is 0 Å². The summed E-state index contributed by atoms with van der Waals surface area (Å²) in [6.45, 7) is 2.95. The number of nitrogens with one attached hydrogen (secondary N) is 1. The highest BCUT2D eigenvalue weighted by Gasteiger charge is 2.16. The molecule has 0 saturated carbocycles. The van der Waals surface area contributed by atoms with Gasteiger partial charge in [0.25, 0.3) is 0 Å². The highest BCUT2D eigenvalue weighted by molar-refractivity contribution is 4.76. The Bertz CT molecular complexity index is 153. The van der Waals surface area contributed by atoms with Gasteiger partial charge < -0.3 is 14.8 Å². The lowest BCUT2D eigenvalue weighted by atomic mass is 10.0. The molecule has 2 rings (SSSR count). The lowest BCUT2D eigenvalue weighted by molar-refractivity contribution is -0.163. The Morgan fingerprint density at radius 2 is 2.21 bits per heavy atom. The number of hydrogen-bond donors (Lipinski definition) is 1. The standard InChI is InChI=1S/C11H21NO2/c1-2-8-13-11(5-1)14-9-3-4-10-6-7-12-10/h10-12H,1-9H2. The molecule has 2 saturated heterocycles. The first kappa shape index (κ1) is 10.4. The molecule has 0 aromatic rings. The largest absolute Gasteiger partial charge is 0.353 e. The minimum Gasteiger partial charge on any atom is -0.353 e. The smallest absolute Gasteiger partial charge is 0.157 e. The maximum absolute atomic E-state index is 5.65. The lowest BCUT2D eigenvalue weighted by Crippen LogP contribution is -2.42. The van der Waals surface area contributed by atoms with Crippen LogP contribution in [0.2, 0.25) is 0 Å². The minimum absolute atomic E-state index is 0.0955. The van der Waals surface area contributed by atoms with Gasteiger partial charge in [0.1, 0.15) is 0 Å². The fraction of sp³-hybridized carbons (Fsp3) is 1.00. The van der Waals surface area contributed by atoms with Gasteiger partial charge in [0.15, 0.2) is 6.29 Å². The summed E-state index contributed by atoms with van der Waals surface area (Å²) < 4.78 is 11.1. The van der Waals surface area contributed by atoms with E-state index < -0.39 is 0 Å². The van der Waals surface area contributed by atoms with Crippen molar-refractivity contribution in [3.8, 4) is 0 Å². The van der Waals surface area contributed by atoms with Crippen molar-refractivity contribution in [2.45, 2.75) is 50.9 Å². The Morgan fingerprint density at radius 3 is 2.86 bits per heavy atom. The summed E-state index contributed by atoms with van der Waals surface area (Å²) in [5, 5.41) is 3.40. The second-order valence-corrected chi connectivity index (χ2v) is 4.25. The molecule has 2 aliphatic rings. The van der Waals surface area contributed by atoms with Crippen molar-refractivity contribution in [3.05, 3.63) is 0 Å². The predicted molar refractivity (Wildman–Crippen MR) is 55.2 cm³/mol. The van der Waals surface area contributed by atoms with Gasteiger partial charge in [-0.15, -0.1) is 0 Å². The first-order valence-corrected chi connectivity index (χ1v) is 5.92. The Hall–Kier alpha value is -0.120. The molecule has 2 atom stereocenters. The van der Waals surface area contributed by atoms with Crippen molar-refractivity contribution < 1.29 is 9.47 Å². The number of hydrogen-bond acceptors (Lipinski definition) is 3. The van der Waals surface area contributed by atoms with Crippen LogP contribution in [0.5, 0.6) is 0 Å². The van der Waals surface area contributed by atoms with Gasteiger partial charge in [-0.05, 0) is 45.1 Å². The maximum atomic E-state index is 5.65. The highest BCUT2D eigenvalue weighted by atomic mass is 16.7. The topological polar surface area (TPSA) is 30.5 Å². The van der Waals surface area contributed by atoms with E-state index in [4.69, 9.17) is 9.47 Å². The molecule has 0 bridgehead atoms. The molecule has 14 heavy (non-hydrogen) atoms. The Balaban J connectivity index is 1.45. The monoisotopic (exact) mass is 199 g/mol. The summed E-state index contributed by atoms with van der Waals surface area (Å²) in [5.41, 5.74) is 0. The minimum atomic E-state index is 0.0955. The molecule has 82 valence electrons. The molecule has 0 spiro atoms. The van der Waals surface area contributed by atoms with E-state index in [2.05, 4.69) is 5.32 Å². The van der Waals surface area contributed by atoms with E-state index in [-0.39, 0.29) is 6.29 Å². The van der Waals surface area contributed by atoms with Gasteiger partial charge in [-0.1, -0.05) is 0 Å². The number of ether oxygens (including phenoxy) is 2. The SMILES string of the molecule is C1CCC(OCCCC2CCN2)OC1. The average molecular weight is 199 g/mol. The third-order valence-corrected chi connectivity index (χ3v) is 3.06. The van der Waals surface area contributed by atoms with Gasteiger partial charge in [-0.25, -0.2) is 0 Å². The van der Waals surface area contributed by atoms with Crippen LogP contribution in [-0.2, 0) is 9.47 Å². The maximum Gasteiger partial charge on any atom is 0.157 e. The zero-order chi connectivity index (χ0) is 9.64. The highest BCUT2D eigenvalue weighted by Crippen LogP contribution is 2.15. The third kappa shape index (κ3) is 3.23. The van der Waals surface area contributed by atoms with Crippen molar-refractivity contribution in [2.75, 3.05) is 19.8 Å². The molecule has 3 nitrogen and oxygen atoms in total. The van der Waals surface area contributed by atoms with Crippen molar-refractivity contribution in [1.29, 1.82) is 0 Å². The molecular weight excluding hydrogens is 178 g/mol. The Labute approximate surface area is 86.2 Å². The van der Waals surface area contributed by atoms with Gasteiger partial charge in [0.05, 0.1) is 0 Å². The summed E-state index contributed by atoms with van der Waals surface area (Å²) in [6, 6.07) is 0.769. The summed E-state index contributed by atoms with van der Waals surface area (Å²) in [5.74, 6) is 0. The molecule has 2 fully saturated rings. The van der Waals surface area contributed by atoms with E-state index in [0.717, 1.165) is 32.1 Å². The van der Waals surface area contributed by atoms with Gasteiger partial charge in [-0.2, -0.15) is 0 Å². The van der Waals surface area contributed by atoms with Gasteiger partial charge in [0.2, 0.25) is 0 Å². The van der Waals surface area contributed by atoms with E-state index in [1.54, 1.807) is 0 Å². The summed E-state index contributed by atoms with van der Waals surface area (Å²) >= 11 is 0. The second kappa shape index (κ2) is 5.69. The van der Waals surface area contributed by atoms with E-state index in [0.29, 0.717) is 0 Å². The third-order valence-electron chi connectivity index (χ3n) is 3.06. The van der Waals surface area contributed by atoms with E-state index in [1.165, 1.54) is 32.2 Å². The molecule has 0 aromatic heterocycles. The van der Waals surface area contributed by atoms with Crippen LogP contribution >= 0.6 is 0 Å². The molecule has 0 radical (unpaired) electrons. The van der Waals surface area contributed by atoms with E-state index in [9.17, 15) is 0 Å². The zero-order valence-corrected chi connectivity index (χ0v) is 8.84. The van der Waals surface area contributed by atoms with Crippen molar-refractivity contribution in [3.63, 3.8) is 0 Å². The van der Waals surface area contributed by atoms with Crippen molar-refractivity contribution in [1.82, 2.24) is 5.32 Å². The van der Waals surface area contributed by atoms with Gasteiger partial charge in [-0.3, -0.25) is 0 Å². The Morgan fingerprint density at radius 1 is 1.29 bits per heavy atom. The molecule has 0 amide bonds. The van der Waals surface area contributed by atoms with Crippen LogP contribution in [-0.4, -0.2) is 32.1 Å². The summed E-state index contributed by atoms with van der Waals surface area (Å²) in [6.07, 6.45) is 7.41. The van der Waals surface area contributed by atoms with E-state index in [1.807, 2.05) is 0 Å². The Kier molecular flexibility index (Phi) is 4.22. The molecule has 2 heterocycles. The summed E-state index contributed by atoms with van der Waals surface area (Å²) in [7, 11) is 0. The first-order chi connectivity index (χ1) is 6.95. The number of rotatable bonds is 5. The lowest BCUT2D eigenvalue weighted by Gasteiger charge is -2.28. The quantitative estimate of drug-likeness (QED) is 0.683. The van der Waals surface area contributed by atoms with Crippen LogP contribution in [0.25, 0.3) is 0 Å². The van der Waals surface area contributed by atoms with Gasteiger partial charge in [0, 0.05) is 19.3 Å². The molecule has 2 aliphatic heterocycles. The van der Waals surface area contributed by atoms with Crippen molar-refractivity contribution in [2.24, 2.45) is 0 Å². The molecule has 3 heteroatoms. The van der Waals surface area contributed by atoms with Crippen LogP contribution in [0.4, 0.5) is 0 Å². The van der Waals surface area contributed by atoms with Crippen LogP contribution < -0.4 is 5.32 Å².